The Morgan fingerprint density at radius 3 is 2.37 bits per heavy atom. The molecule has 2 heterocycles. The lowest BCUT2D eigenvalue weighted by molar-refractivity contribution is -0.123. The molecular formula is C26H29N3O4S2. The van der Waals surface area contributed by atoms with Crippen LogP contribution in [0.2, 0.25) is 0 Å². The van der Waals surface area contributed by atoms with Crippen molar-refractivity contribution in [3.63, 3.8) is 0 Å². The van der Waals surface area contributed by atoms with Gasteiger partial charge in [-0.25, -0.2) is 9.78 Å². The van der Waals surface area contributed by atoms with Crippen molar-refractivity contribution in [2.24, 2.45) is 11.8 Å². The fraction of sp³-hybridized carbons (Fsp3) is 0.385. The number of thiazole rings is 1. The minimum absolute atomic E-state index is 0.0128. The molecule has 1 aliphatic rings. The maximum absolute atomic E-state index is 13.5. The van der Waals surface area contributed by atoms with Crippen LogP contribution in [0.25, 0.3) is 10.4 Å². The van der Waals surface area contributed by atoms with Gasteiger partial charge in [-0.15, -0.1) is 22.7 Å². The van der Waals surface area contributed by atoms with E-state index in [4.69, 9.17) is 0 Å². The van der Waals surface area contributed by atoms with Crippen LogP contribution in [0.4, 0.5) is 11.4 Å². The molecule has 0 atom stereocenters. The molecule has 0 radical (unpaired) electrons. The number of amides is 2. The van der Waals surface area contributed by atoms with Gasteiger partial charge in [0.25, 0.3) is 5.91 Å². The molecule has 184 valence electrons. The second-order valence-electron chi connectivity index (χ2n) is 9.29. The summed E-state index contributed by atoms with van der Waals surface area (Å²) < 4.78 is 0. The van der Waals surface area contributed by atoms with Crippen molar-refractivity contribution in [3.05, 3.63) is 51.8 Å². The summed E-state index contributed by atoms with van der Waals surface area (Å²) in [5.74, 6) is -0.755. The molecule has 1 aromatic carbocycles. The second-order valence-corrected chi connectivity index (χ2v) is 11.1. The van der Waals surface area contributed by atoms with Crippen molar-refractivity contribution in [3.8, 4) is 10.4 Å². The fourth-order valence-electron chi connectivity index (χ4n) is 4.45. The number of benzene rings is 1. The van der Waals surface area contributed by atoms with Crippen molar-refractivity contribution in [1.29, 1.82) is 0 Å². The van der Waals surface area contributed by atoms with Crippen LogP contribution in [0.1, 0.15) is 66.6 Å². The zero-order valence-electron chi connectivity index (χ0n) is 20.0. The smallest absolute Gasteiger partial charge is 0.348 e. The van der Waals surface area contributed by atoms with E-state index in [1.165, 1.54) is 11.3 Å². The largest absolute Gasteiger partial charge is 0.477 e. The number of aromatic carboxylic acids is 1. The average Bonchev–Trinajstić information content (AvgIpc) is 3.51. The molecule has 2 N–H and O–H groups in total. The third-order valence-electron chi connectivity index (χ3n) is 6.38. The van der Waals surface area contributed by atoms with Gasteiger partial charge < -0.3 is 15.3 Å². The van der Waals surface area contributed by atoms with E-state index < -0.39 is 5.97 Å². The number of carbonyl (C=O) groups excluding carboxylic acids is 2. The van der Waals surface area contributed by atoms with Gasteiger partial charge in [0.2, 0.25) is 5.91 Å². The summed E-state index contributed by atoms with van der Waals surface area (Å²) in [5.41, 5.74) is 3.85. The Balaban J connectivity index is 1.59. The summed E-state index contributed by atoms with van der Waals surface area (Å²) in [4.78, 5) is 44.5. The Labute approximate surface area is 212 Å². The van der Waals surface area contributed by atoms with Crippen molar-refractivity contribution in [2.45, 2.75) is 52.5 Å². The maximum Gasteiger partial charge on any atom is 0.348 e. The highest BCUT2D eigenvalue weighted by Gasteiger charge is 2.33. The predicted octanol–water partition coefficient (Wildman–Crippen LogP) is 6.39. The number of nitrogens with one attached hydrogen (secondary N) is 1. The first-order chi connectivity index (χ1) is 16.7. The lowest BCUT2D eigenvalue weighted by atomic mass is 9.82. The van der Waals surface area contributed by atoms with Crippen LogP contribution in [0.3, 0.4) is 0 Å². The van der Waals surface area contributed by atoms with Crippen LogP contribution >= 0.6 is 22.7 Å². The van der Waals surface area contributed by atoms with Gasteiger partial charge in [-0.1, -0.05) is 19.1 Å². The number of thiophene rings is 1. The van der Waals surface area contributed by atoms with Crippen molar-refractivity contribution >= 4 is 51.8 Å². The zero-order chi connectivity index (χ0) is 25.1. The molecule has 0 spiro atoms. The molecule has 4 rings (SSSR count). The molecule has 0 saturated heterocycles. The monoisotopic (exact) mass is 511 g/mol. The van der Waals surface area contributed by atoms with E-state index in [-0.39, 0.29) is 28.7 Å². The molecule has 1 aliphatic carbocycles. The van der Waals surface area contributed by atoms with Gasteiger partial charge >= 0.3 is 5.97 Å². The van der Waals surface area contributed by atoms with E-state index in [0.29, 0.717) is 23.0 Å². The molecule has 0 unspecified atom stereocenters. The summed E-state index contributed by atoms with van der Waals surface area (Å²) in [6.45, 7) is 6.06. The first kappa shape index (κ1) is 25.1. The Kier molecular flexibility index (Phi) is 7.66. The molecule has 9 heteroatoms. The molecule has 0 aliphatic heterocycles. The van der Waals surface area contributed by atoms with Gasteiger partial charge in [-0.2, -0.15) is 0 Å². The second kappa shape index (κ2) is 10.7. The number of carboxylic acid groups (broad SMARTS) is 1. The molecule has 1 saturated carbocycles. The highest BCUT2D eigenvalue weighted by Crippen LogP contribution is 2.40. The lowest BCUT2D eigenvalue weighted by Crippen LogP contribution is -2.42. The number of rotatable bonds is 7. The van der Waals surface area contributed by atoms with Gasteiger partial charge in [0.15, 0.2) is 0 Å². The van der Waals surface area contributed by atoms with Gasteiger partial charge in [0.05, 0.1) is 11.2 Å². The van der Waals surface area contributed by atoms with Crippen LogP contribution in [0.5, 0.6) is 0 Å². The third-order valence-corrected chi connectivity index (χ3v) is 8.13. The normalized spacial score (nSPS) is 17.8. The molecule has 3 aromatic rings. The first-order valence-electron chi connectivity index (χ1n) is 11.7. The van der Waals surface area contributed by atoms with Crippen molar-refractivity contribution < 1.29 is 19.5 Å². The first-order valence-corrected chi connectivity index (χ1v) is 13.5. The number of carboxylic acids is 1. The van der Waals surface area contributed by atoms with Crippen LogP contribution < -0.4 is 10.2 Å². The van der Waals surface area contributed by atoms with Crippen LogP contribution in [-0.4, -0.2) is 33.9 Å². The van der Waals surface area contributed by atoms with Gasteiger partial charge in [0, 0.05) is 27.9 Å². The lowest BCUT2D eigenvalue weighted by Gasteiger charge is -2.33. The highest BCUT2D eigenvalue weighted by molar-refractivity contribution is 7.18. The number of hydrogen-bond donors (Lipinski definition) is 2. The summed E-state index contributed by atoms with van der Waals surface area (Å²) in [5, 5.41) is 14.4. The van der Waals surface area contributed by atoms with Gasteiger partial charge in [-0.05, 0) is 69.2 Å². The molecule has 2 aromatic heterocycles. The third kappa shape index (κ3) is 5.62. The number of anilines is 2. The van der Waals surface area contributed by atoms with E-state index in [2.05, 4.69) is 17.2 Å². The van der Waals surface area contributed by atoms with E-state index >= 15 is 0 Å². The SMILES string of the molecule is CC1CCC(C(=O)N(c2cc(-c3ccc(NC(=O)c4cscn4)cc3)sc2C(=O)O)C(C)C)CC1. The van der Waals surface area contributed by atoms with E-state index in [0.717, 1.165) is 47.5 Å². The summed E-state index contributed by atoms with van der Waals surface area (Å²) in [6.07, 6.45) is 3.73. The van der Waals surface area contributed by atoms with E-state index in [9.17, 15) is 19.5 Å². The quantitative estimate of drug-likeness (QED) is 0.383. The molecule has 2 amide bonds. The molecule has 7 nitrogen and oxygen atoms in total. The number of aromatic nitrogens is 1. The number of carbonyl (C=O) groups is 3. The zero-order valence-corrected chi connectivity index (χ0v) is 21.6. The summed E-state index contributed by atoms with van der Waals surface area (Å²) >= 11 is 2.51. The van der Waals surface area contributed by atoms with Crippen LogP contribution in [0, 0.1) is 11.8 Å². The minimum Gasteiger partial charge on any atom is -0.477 e. The van der Waals surface area contributed by atoms with E-state index in [1.807, 2.05) is 26.0 Å². The molecular weight excluding hydrogens is 482 g/mol. The maximum atomic E-state index is 13.5. The van der Waals surface area contributed by atoms with Gasteiger partial charge in [-0.3, -0.25) is 9.59 Å². The van der Waals surface area contributed by atoms with Crippen molar-refractivity contribution in [1.82, 2.24) is 4.98 Å². The standard InChI is InChI=1S/C26H29N3O4S2/c1-15(2)29(25(31)18-6-4-16(3)5-7-18)21-12-22(35-23(21)26(32)33)17-8-10-19(11-9-17)28-24(30)20-13-34-14-27-20/h8-16,18H,4-7H2,1-3H3,(H,28,30)(H,32,33). The topological polar surface area (TPSA) is 99.6 Å². The Hall–Kier alpha value is -3.04. The Morgan fingerprint density at radius 2 is 1.80 bits per heavy atom. The summed E-state index contributed by atoms with van der Waals surface area (Å²) in [6, 6.07) is 8.86. The molecule has 1 fully saturated rings. The summed E-state index contributed by atoms with van der Waals surface area (Å²) in [7, 11) is 0. The Morgan fingerprint density at radius 1 is 1.11 bits per heavy atom. The highest BCUT2D eigenvalue weighted by atomic mass is 32.1. The molecule has 35 heavy (non-hydrogen) atoms. The van der Waals surface area contributed by atoms with Crippen molar-refractivity contribution in [2.75, 3.05) is 10.2 Å². The van der Waals surface area contributed by atoms with Gasteiger partial charge in [0.1, 0.15) is 10.6 Å². The van der Waals surface area contributed by atoms with Crippen LogP contribution in [-0.2, 0) is 4.79 Å². The Bertz CT molecular complexity index is 1190. The minimum atomic E-state index is -1.04. The fourth-order valence-corrected chi connectivity index (χ4v) is 5.97. The predicted molar refractivity (Wildman–Crippen MR) is 141 cm³/mol. The van der Waals surface area contributed by atoms with Crippen LogP contribution in [0.15, 0.2) is 41.2 Å². The van der Waals surface area contributed by atoms with E-state index in [1.54, 1.807) is 34.0 Å². The average molecular weight is 512 g/mol. The number of nitrogens with zero attached hydrogens (tertiary/aromatic N) is 2. The number of hydrogen-bond acceptors (Lipinski definition) is 6. The molecule has 0 bridgehead atoms.